The summed E-state index contributed by atoms with van der Waals surface area (Å²) in [4.78, 5) is 44.9. The van der Waals surface area contributed by atoms with Gasteiger partial charge in [0.05, 0.1) is 18.2 Å². The van der Waals surface area contributed by atoms with Gasteiger partial charge in [0.2, 0.25) is 6.79 Å². The molecule has 2 aromatic carbocycles. The molecule has 1 saturated heterocycles. The Labute approximate surface area is 231 Å². The predicted molar refractivity (Wildman–Crippen MR) is 143 cm³/mol. The topological polar surface area (TPSA) is 101 Å². The number of amides is 3. The minimum atomic E-state index is -0.882. The molecule has 0 bridgehead atoms. The van der Waals surface area contributed by atoms with E-state index >= 15 is 0 Å². The summed E-state index contributed by atoms with van der Waals surface area (Å²) in [5, 5.41) is 2.83. The lowest BCUT2D eigenvalue weighted by Crippen LogP contribution is -2.53. The van der Waals surface area contributed by atoms with Crippen LogP contribution in [0.4, 0.5) is 9.18 Å². The van der Waals surface area contributed by atoms with E-state index in [1.165, 1.54) is 23.1 Å². The van der Waals surface area contributed by atoms with Crippen molar-refractivity contribution in [1.82, 2.24) is 20.0 Å². The van der Waals surface area contributed by atoms with Crippen LogP contribution in [0.25, 0.3) is 0 Å². The average molecular weight is 551 g/mol. The quantitative estimate of drug-likeness (QED) is 0.398. The molecule has 40 heavy (non-hydrogen) atoms. The first-order valence-corrected chi connectivity index (χ1v) is 13.2. The Morgan fingerprint density at radius 2 is 1.90 bits per heavy atom. The zero-order valence-corrected chi connectivity index (χ0v) is 22.2. The van der Waals surface area contributed by atoms with Gasteiger partial charge in [0, 0.05) is 50.5 Å². The van der Waals surface area contributed by atoms with Crippen LogP contribution in [0.15, 0.2) is 66.4 Å². The number of hydrogen-bond acceptors (Lipinski definition) is 7. The molecular weight excluding hydrogens is 519 g/mol. The molecule has 5 rings (SSSR count). The van der Waals surface area contributed by atoms with Gasteiger partial charge < -0.3 is 24.4 Å². The second-order valence-electron chi connectivity index (χ2n) is 9.55. The third kappa shape index (κ3) is 5.50. The summed E-state index contributed by atoms with van der Waals surface area (Å²) in [6.45, 7) is 8.11. The number of carbonyl (C=O) groups is 3. The first-order chi connectivity index (χ1) is 19.4. The van der Waals surface area contributed by atoms with Gasteiger partial charge in [0.1, 0.15) is 5.82 Å². The van der Waals surface area contributed by atoms with Gasteiger partial charge in [-0.05, 0) is 42.8 Å². The number of piperazine rings is 1. The summed E-state index contributed by atoms with van der Waals surface area (Å²) < 4.78 is 30.3. The summed E-state index contributed by atoms with van der Waals surface area (Å²) >= 11 is 0. The number of urea groups is 1. The Kier molecular flexibility index (Phi) is 8.01. The molecule has 0 saturated carbocycles. The largest absolute Gasteiger partial charge is 0.463 e. The molecule has 11 heteroatoms. The number of nitrogens with one attached hydrogen (secondary N) is 1. The van der Waals surface area contributed by atoms with Crippen molar-refractivity contribution in [3.8, 4) is 11.5 Å². The second-order valence-corrected chi connectivity index (χ2v) is 9.55. The van der Waals surface area contributed by atoms with E-state index in [1.807, 2.05) is 0 Å². The highest BCUT2D eigenvalue weighted by atomic mass is 19.1. The summed E-state index contributed by atoms with van der Waals surface area (Å²) in [6, 6.07) is 9.63. The summed E-state index contributed by atoms with van der Waals surface area (Å²) in [6.07, 6.45) is 1.58. The fourth-order valence-corrected chi connectivity index (χ4v) is 5.11. The molecule has 0 radical (unpaired) electrons. The maximum atomic E-state index is 14.1. The highest BCUT2D eigenvalue weighted by molar-refractivity contribution is 5.96. The molecule has 3 aliphatic heterocycles. The van der Waals surface area contributed by atoms with Gasteiger partial charge in [-0.2, -0.15) is 0 Å². The van der Waals surface area contributed by atoms with E-state index < -0.39 is 23.9 Å². The summed E-state index contributed by atoms with van der Waals surface area (Å²) in [5.74, 6) is -0.00978. The normalized spacial score (nSPS) is 18.9. The molecule has 0 aliphatic carbocycles. The first-order valence-electron chi connectivity index (χ1n) is 13.2. The second kappa shape index (κ2) is 11.8. The maximum absolute atomic E-state index is 14.1. The zero-order valence-electron chi connectivity index (χ0n) is 22.2. The van der Waals surface area contributed by atoms with Gasteiger partial charge >= 0.3 is 12.0 Å². The van der Waals surface area contributed by atoms with Gasteiger partial charge in [0.15, 0.2) is 11.5 Å². The average Bonchev–Trinajstić information content (AvgIpc) is 3.43. The highest BCUT2D eigenvalue weighted by Gasteiger charge is 2.39. The number of carbonyl (C=O) groups excluding carboxylic acids is 3. The highest BCUT2D eigenvalue weighted by Crippen LogP contribution is 2.34. The van der Waals surface area contributed by atoms with Crippen LogP contribution >= 0.6 is 0 Å². The summed E-state index contributed by atoms with van der Waals surface area (Å²) in [7, 11) is 0. The third-order valence-electron chi connectivity index (χ3n) is 7.08. The number of halogens is 1. The van der Waals surface area contributed by atoms with E-state index in [0.717, 1.165) is 0 Å². The molecule has 0 aromatic heterocycles. The molecular formula is C29H31FN4O6. The van der Waals surface area contributed by atoms with E-state index in [9.17, 15) is 18.8 Å². The maximum Gasteiger partial charge on any atom is 0.338 e. The monoisotopic (exact) mass is 550 g/mol. The van der Waals surface area contributed by atoms with Crippen molar-refractivity contribution < 1.29 is 33.0 Å². The number of rotatable bonds is 8. The molecule has 2 aromatic rings. The van der Waals surface area contributed by atoms with Crippen molar-refractivity contribution in [2.24, 2.45) is 0 Å². The molecule has 3 amide bonds. The zero-order chi connectivity index (χ0) is 28.2. The van der Waals surface area contributed by atoms with E-state index in [1.54, 1.807) is 42.2 Å². The van der Waals surface area contributed by atoms with Gasteiger partial charge in [-0.1, -0.05) is 18.2 Å². The van der Waals surface area contributed by atoms with Gasteiger partial charge in [0.25, 0.3) is 5.91 Å². The molecule has 1 unspecified atom stereocenters. The number of esters is 1. The van der Waals surface area contributed by atoms with E-state index in [-0.39, 0.29) is 38.0 Å². The summed E-state index contributed by atoms with van der Waals surface area (Å²) in [5.41, 5.74) is 1.66. The first kappa shape index (κ1) is 27.2. The van der Waals surface area contributed by atoms with Crippen LogP contribution in [0.2, 0.25) is 0 Å². The molecule has 3 aliphatic rings. The number of benzene rings is 2. The number of hydrogen-bond donors (Lipinski definition) is 1. The Bertz CT molecular complexity index is 1350. The predicted octanol–water partition coefficient (Wildman–Crippen LogP) is 3.08. The Hall–Kier alpha value is -4.38. The van der Waals surface area contributed by atoms with Crippen LogP contribution in [0.1, 0.15) is 28.9 Å². The molecule has 1 N–H and O–H groups in total. The lowest BCUT2D eigenvalue weighted by Gasteiger charge is -2.40. The molecule has 1 fully saturated rings. The van der Waals surface area contributed by atoms with E-state index in [2.05, 4.69) is 16.8 Å². The third-order valence-corrected chi connectivity index (χ3v) is 7.08. The molecule has 3 heterocycles. The standard InChI is InChI=1S/C29H31FN4O6/c1-3-10-34-22(25(28(36)38-4-2)26(31-29(34)37)19-6-5-7-21(30)15-19)17-32-11-13-33(14-12-32)27(35)20-8-9-23-24(16-20)40-18-39-23/h3,5-9,15-16,26H,1,4,10-14,17-18H2,2H3,(H,31,37). The van der Waals surface area contributed by atoms with E-state index in [0.29, 0.717) is 54.5 Å². The Morgan fingerprint density at radius 3 is 2.62 bits per heavy atom. The van der Waals surface area contributed by atoms with Gasteiger partial charge in [-0.15, -0.1) is 6.58 Å². The van der Waals surface area contributed by atoms with Crippen LogP contribution in [0, 0.1) is 5.82 Å². The number of nitrogens with zero attached hydrogens (tertiary/aromatic N) is 3. The van der Waals surface area contributed by atoms with Crippen molar-refractivity contribution in [3.05, 3.63) is 83.3 Å². The van der Waals surface area contributed by atoms with Crippen LogP contribution in [0.5, 0.6) is 11.5 Å². The smallest absolute Gasteiger partial charge is 0.338 e. The lowest BCUT2D eigenvalue weighted by atomic mass is 9.94. The molecule has 0 spiro atoms. The fourth-order valence-electron chi connectivity index (χ4n) is 5.11. The van der Waals surface area contributed by atoms with Crippen LogP contribution in [0.3, 0.4) is 0 Å². The van der Waals surface area contributed by atoms with E-state index in [4.69, 9.17) is 14.2 Å². The van der Waals surface area contributed by atoms with Crippen molar-refractivity contribution in [3.63, 3.8) is 0 Å². The Morgan fingerprint density at radius 1 is 1.12 bits per heavy atom. The SMILES string of the molecule is C=CCN1C(=O)NC(c2cccc(F)c2)C(C(=O)OCC)=C1CN1CCN(C(=O)c2ccc3c(c2)OCO3)CC1. The van der Waals surface area contributed by atoms with Crippen molar-refractivity contribution >= 4 is 17.9 Å². The minimum Gasteiger partial charge on any atom is -0.463 e. The van der Waals surface area contributed by atoms with Crippen molar-refractivity contribution in [2.75, 3.05) is 52.7 Å². The lowest BCUT2D eigenvalue weighted by molar-refractivity contribution is -0.139. The van der Waals surface area contributed by atoms with Crippen molar-refractivity contribution in [1.29, 1.82) is 0 Å². The van der Waals surface area contributed by atoms with Crippen LogP contribution < -0.4 is 14.8 Å². The van der Waals surface area contributed by atoms with Gasteiger partial charge in [-0.3, -0.25) is 14.6 Å². The number of fused-ring (bicyclic) bond motifs is 1. The number of ether oxygens (including phenoxy) is 3. The fraction of sp³-hybridized carbons (Fsp3) is 0.345. The molecule has 210 valence electrons. The van der Waals surface area contributed by atoms with Crippen LogP contribution in [-0.4, -0.2) is 85.3 Å². The van der Waals surface area contributed by atoms with Crippen LogP contribution in [-0.2, 0) is 9.53 Å². The minimum absolute atomic E-state index is 0.110. The Balaban J connectivity index is 1.38. The molecule has 10 nitrogen and oxygen atoms in total. The molecule has 1 atom stereocenters. The van der Waals surface area contributed by atoms with Crippen molar-refractivity contribution in [2.45, 2.75) is 13.0 Å². The van der Waals surface area contributed by atoms with Gasteiger partial charge in [-0.25, -0.2) is 14.0 Å².